The van der Waals surface area contributed by atoms with Gasteiger partial charge in [-0.15, -0.1) is 0 Å². The van der Waals surface area contributed by atoms with Crippen molar-refractivity contribution in [3.63, 3.8) is 0 Å². The largest absolute Gasteiger partial charge is 0.342 e. The Hall–Kier alpha value is -1.31. The zero-order chi connectivity index (χ0) is 14.0. The second-order valence-electron chi connectivity index (χ2n) is 7.35. The first kappa shape index (κ1) is 14.7. The number of aromatic nitrogens is 2. The molecule has 0 aliphatic carbocycles. The van der Waals surface area contributed by atoms with Crippen molar-refractivity contribution in [3.8, 4) is 0 Å². The van der Waals surface area contributed by atoms with Crippen molar-refractivity contribution in [2.24, 2.45) is 5.41 Å². The van der Waals surface area contributed by atoms with Crippen molar-refractivity contribution in [2.45, 2.75) is 53.9 Å². The van der Waals surface area contributed by atoms with Crippen LogP contribution in [0.2, 0.25) is 0 Å². The number of hydrogen-bond acceptors (Lipinski definition) is 1. The number of hydrogen-bond donors (Lipinski definition) is 1. The molecule has 0 spiro atoms. The summed E-state index contributed by atoms with van der Waals surface area (Å²) in [6, 6.07) is 8.11. The molecule has 1 aromatic heterocycles. The van der Waals surface area contributed by atoms with E-state index in [-0.39, 0.29) is 5.41 Å². The number of H-pyrrole nitrogens is 1. The van der Waals surface area contributed by atoms with Gasteiger partial charge in [-0.05, 0) is 17.5 Å². The Balaban J connectivity index is 0.000000280. The fourth-order valence-electron chi connectivity index (χ4n) is 1.31. The van der Waals surface area contributed by atoms with Gasteiger partial charge in [-0.2, -0.15) is 0 Å². The Labute approximate surface area is 111 Å². The van der Waals surface area contributed by atoms with Gasteiger partial charge in [-0.25, -0.2) is 4.98 Å². The zero-order valence-electron chi connectivity index (χ0n) is 12.8. The molecule has 100 valence electrons. The number of benzene rings is 1. The molecule has 0 fully saturated rings. The van der Waals surface area contributed by atoms with Gasteiger partial charge in [-0.1, -0.05) is 60.6 Å². The maximum Gasteiger partial charge on any atom is 0.112 e. The van der Waals surface area contributed by atoms with E-state index in [4.69, 9.17) is 0 Å². The first-order valence-electron chi connectivity index (χ1n) is 6.52. The van der Waals surface area contributed by atoms with Crippen LogP contribution in [0.25, 0.3) is 11.0 Å². The predicted octanol–water partition coefficient (Wildman–Crippen LogP) is 4.91. The summed E-state index contributed by atoms with van der Waals surface area (Å²) in [5, 5.41) is 0. The highest BCUT2D eigenvalue weighted by atomic mass is 14.9. The first-order valence-corrected chi connectivity index (χ1v) is 6.52. The van der Waals surface area contributed by atoms with Crippen LogP contribution in [0.15, 0.2) is 24.3 Å². The van der Waals surface area contributed by atoms with Crippen molar-refractivity contribution >= 4 is 11.0 Å². The number of para-hydroxylation sites is 2. The standard InChI is InChI=1S/C11H14N2.C5H12/c1-11(2,3)10-12-8-6-4-5-7-9(8)13-10;1-5(2,3)4/h4-7H,1-3H3,(H,12,13);1-4H3. The van der Waals surface area contributed by atoms with Gasteiger partial charge in [0.1, 0.15) is 5.82 Å². The Morgan fingerprint density at radius 1 is 0.889 bits per heavy atom. The lowest BCUT2D eigenvalue weighted by Gasteiger charge is -2.13. The van der Waals surface area contributed by atoms with E-state index in [1.54, 1.807) is 0 Å². The van der Waals surface area contributed by atoms with E-state index in [0.717, 1.165) is 16.9 Å². The normalized spacial score (nSPS) is 12.2. The molecule has 0 aliphatic rings. The molecule has 2 nitrogen and oxygen atoms in total. The lowest BCUT2D eigenvalue weighted by molar-refractivity contribution is 0.469. The van der Waals surface area contributed by atoms with E-state index in [2.05, 4.69) is 64.5 Å². The minimum absolute atomic E-state index is 0.0962. The highest BCUT2D eigenvalue weighted by Gasteiger charge is 2.17. The van der Waals surface area contributed by atoms with Crippen LogP contribution in [-0.2, 0) is 5.41 Å². The summed E-state index contributed by atoms with van der Waals surface area (Å²) in [4.78, 5) is 7.85. The highest BCUT2D eigenvalue weighted by molar-refractivity contribution is 5.74. The molecule has 0 aliphatic heterocycles. The quantitative estimate of drug-likeness (QED) is 0.702. The molecule has 1 N–H and O–H groups in total. The van der Waals surface area contributed by atoms with Crippen molar-refractivity contribution in [1.82, 2.24) is 9.97 Å². The number of nitrogens with one attached hydrogen (secondary N) is 1. The van der Waals surface area contributed by atoms with Gasteiger partial charge < -0.3 is 4.98 Å². The molecule has 0 radical (unpaired) electrons. The smallest absolute Gasteiger partial charge is 0.112 e. The Morgan fingerprint density at radius 3 is 1.83 bits per heavy atom. The molecule has 0 unspecified atom stereocenters. The fourth-order valence-corrected chi connectivity index (χ4v) is 1.31. The first-order chi connectivity index (χ1) is 8.07. The third-order valence-corrected chi connectivity index (χ3v) is 2.10. The summed E-state index contributed by atoms with van der Waals surface area (Å²) in [5.74, 6) is 1.05. The molecule has 1 heterocycles. The van der Waals surface area contributed by atoms with Crippen molar-refractivity contribution < 1.29 is 0 Å². The molecule has 1 aromatic carbocycles. The Bertz CT molecular complexity index is 457. The third kappa shape index (κ3) is 4.91. The van der Waals surface area contributed by atoms with Gasteiger partial charge in [0, 0.05) is 5.41 Å². The summed E-state index contributed by atoms with van der Waals surface area (Å²) >= 11 is 0. The maximum atomic E-state index is 4.53. The van der Waals surface area contributed by atoms with Crippen LogP contribution in [-0.4, -0.2) is 9.97 Å². The summed E-state index contributed by atoms with van der Waals surface area (Å²) in [7, 11) is 0. The SMILES string of the molecule is CC(C)(C)C.CC(C)(C)c1nc2ccccc2[nH]1. The summed E-state index contributed by atoms with van der Waals surface area (Å²) in [5.41, 5.74) is 2.76. The molecule has 0 bridgehead atoms. The van der Waals surface area contributed by atoms with Gasteiger partial charge in [0.25, 0.3) is 0 Å². The van der Waals surface area contributed by atoms with Crippen molar-refractivity contribution in [1.29, 1.82) is 0 Å². The molecule has 2 aromatic rings. The van der Waals surface area contributed by atoms with Crippen LogP contribution in [0, 0.1) is 5.41 Å². The van der Waals surface area contributed by atoms with Gasteiger partial charge in [0.05, 0.1) is 11.0 Å². The number of nitrogens with zero attached hydrogens (tertiary/aromatic N) is 1. The number of rotatable bonds is 0. The number of imidazole rings is 1. The lowest BCUT2D eigenvalue weighted by atomic mass is 9.96. The molecule has 0 amide bonds. The molecule has 0 atom stereocenters. The second-order valence-corrected chi connectivity index (χ2v) is 7.35. The third-order valence-electron chi connectivity index (χ3n) is 2.10. The molecule has 0 saturated carbocycles. The monoisotopic (exact) mass is 246 g/mol. The molecular weight excluding hydrogens is 220 g/mol. The van der Waals surface area contributed by atoms with Gasteiger partial charge in [0.2, 0.25) is 0 Å². The predicted molar refractivity (Wildman–Crippen MR) is 79.9 cm³/mol. The second kappa shape index (κ2) is 5.13. The topological polar surface area (TPSA) is 28.7 Å². The molecule has 0 saturated heterocycles. The van der Waals surface area contributed by atoms with Crippen LogP contribution < -0.4 is 0 Å². The molecule has 18 heavy (non-hydrogen) atoms. The minimum atomic E-state index is 0.0962. The van der Waals surface area contributed by atoms with Crippen LogP contribution in [0.5, 0.6) is 0 Å². The summed E-state index contributed by atoms with van der Waals surface area (Å²) in [6.45, 7) is 15.2. The molecule has 2 rings (SSSR count). The maximum absolute atomic E-state index is 4.53. The van der Waals surface area contributed by atoms with E-state index in [1.165, 1.54) is 0 Å². The average molecular weight is 246 g/mol. The van der Waals surface area contributed by atoms with Crippen molar-refractivity contribution in [2.75, 3.05) is 0 Å². The zero-order valence-corrected chi connectivity index (χ0v) is 12.8. The lowest BCUT2D eigenvalue weighted by Crippen LogP contribution is -2.12. The van der Waals surface area contributed by atoms with E-state index in [0.29, 0.717) is 5.41 Å². The highest BCUT2D eigenvalue weighted by Crippen LogP contribution is 2.21. The van der Waals surface area contributed by atoms with Crippen molar-refractivity contribution in [3.05, 3.63) is 30.1 Å². The minimum Gasteiger partial charge on any atom is -0.342 e. The van der Waals surface area contributed by atoms with E-state index < -0.39 is 0 Å². The van der Waals surface area contributed by atoms with E-state index in [1.807, 2.05) is 18.2 Å². The Morgan fingerprint density at radius 2 is 1.39 bits per heavy atom. The summed E-state index contributed by atoms with van der Waals surface area (Å²) < 4.78 is 0. The summed E-state index contributed by atoms with van der Waals surface area (Å²) in [6.07, 6.45) is 0. The van der Waals surface area contributed by atoms with Gasteiger partial charge >= 0.3 is 0 Å². The van der Waals surface area contributed by atoms with Gasteiger partial charge in [-0.3, -0.25) is 0 Å². The van der Waals surface area contributed by atoms with Crippen LogP contribution in [0.3, 0.4) is 0 Å². The molecule has 2 heteroatoms. The molecular formula is C16H26N2. The van der Waals surface area contributed by atoms with E-state index >= 15 is 0 Å². The van der Waals surface area contributed by atoms with Crippen LogP contribution in [0.1, 0.15) is 54.3 Å². The van der Waals surface area contributed by atoms with Crippen LogP contribution >= 0.6 is 0 Å². The number of fused-ring (bicyclic) bond motifs is 1. The average Bonchev–Trinajstić information content (AvgIpc) is 2.57. The fraction of sp³-hybridized carbons (Fsp3) is 0.562. The van der Waals surface area contributed by atoms with E-state index in [9.17, 15) is 0 Å². The Kier molecular flexibility index (Phi) is 4.20. The van der Waals surface area contributed by atoms with Gasteiger partial charge in [0.15, 0.2) is 0 Å². The number of aromatic amines is 1. The van der Waals surface area contributed by atoms with Crippen LogP contribution in [0.4, 0.5) is 0 Å².